The molecular formula is C16H15ClN4. The van der Waals surface area contributed by atoms with Crippen LogP contribution in [0, 0.1) is 0 Å². The van der Waals surface area contributed by atoms with E-state index in [0.717, 1.165) is 16.8 Å². The third-order valence-electron chi connectivity index (χ3n) is 3.22. The van der Waals surface area contributed by atoms with Crippen LogP contribution in [-0.2, 0) is 6.54 Å². The lowest BCUT2D eigenvalue weighted by Crippen LogP contribution is -2.06. The quantitative estimate of drug-likeness (QED) is 0.791. The van der Waals surface area contributed by atoms with Gasteiger partial charge in [0.1, 0.15) is 5.52 Å². The van der Waals surface area contributed by atoms with Crippen LogP contribution in [0.2, 0.25) is 5.28 Å². The van der Waals surface area contributed by atoms with Crippen molar-refractivity contribution in [2.45, 2.75) is 13.5 Å². The molecule has 5 heteroatoms. The highest BCUT2D eigenvalue weighted by Crippen LogP contribution is 2.22. The summed E-state index contributed by atoms with van der Waals surface area (Å²) in [6.07, 6.45) is 0. The van der Waals surface area contributed by atoms with Crippen LogP contribution < -0.4 is 5.32 Å². The molecule has 0 aliphatic carbocycles. The zero-order valence-corrected chi connectivity index (χ0v) is 12.4. The highest BCUT2D eigenvalue weighted by Gasteiger charge is 2.10. The van der Waals surface area contributed by atoms with Gasteiger partial charge in [-0.25, -0.2) is 4.52 Å². The van der Waals surface area contributed by atoms with Crippen molar-refractivity contribution in [3.8, 4) is 0 Å². The van der Waals surface area contributed by atoms with Crippen molar-refractivity contribution in [2.75, 3.05) is 5.32 Å². The first kappa shape index (κ1) is 13.6. The van der Waals surface area contributed by atoms with E-state index >= 15 is 0 Å². The Morgan fingerprint density at radius 1 is 1.24 bits per heavy atom. The largest absolute Gasteiger partial charge is 0.364 e. The van der Waals surface area contributed by atoms with Crippen molar-refractivity contribution in [2.24, 2.45) is 0 Å². The van der Waals surface area contributed by atoms with Gasteiger partial charge in [0.2, 0.25) is 5.28 Å². The summed E-state index contributed by atoms with van der Waals surface area (Å²) in [5.74, 6) is 0.714. The lowest BCUT2D eigenvalue weighted by atomic mass is 10.2. The van der Waals surface area contributed by atoms with E-state index < -0.39 is 0 Å². The average molecular weight is 299 g/mol. The smallest absolute Gasteiger partial charge is 0.243 e. The second-order valence-corrected chi connectivity index (χ2v) is 5.20. The number of aromatic nitrogens is 3. The molecule has 21 heavy (non-hydrogen) atoms. The Morgan fingerprint density at radius 2 is 2.00 bits per heavy atom. The molecule has 0 atom stereocenters. The predicted octanol–water partition coefficient (Wildman–Crippen LogP) is 4.03. The zero-order chi connectivity index (χ0) is 14.8. The van der Waals surface area contributed by atoms with Crippen molar-refractivity contribution in [1.29, 1.82) is 0 Å². The number of fused-ring (bicyclic) bond motifs is 1. The fourth-order valence-corrected chi connectivity index (χ4v) is 2.37. The summed E-state index contributed by atoms with van der Waals surface area (Å²) in [5, 5.41) is 7.76. The third-order valence-corrected chi connectivity index (χ3v) is 3.38. The van der Waals surface area contributed by atoms with E-state index in [2.05, 4.69) is 34.1 Å². The second kappa shape index (κ2) is 5.58. The van der Waals surface area contributed by atoms with E-state index in [1.165, 1.54) is 5.56 Å². The van der Waals surface area contributed by atoms with Crippen LogP contribution in [0.5, 0.6) is 0 Å². The van der Waals surface area contributed by atoms with Crippen molar-refractivity contribution in [3.05, 3.63) is 65.6 Å². The molecule has 0 unspecified atom stereocenters. The molecule has 0 bridgehead atoms. The highest BCUT2D eigenvalue weighted by molar-refractivity contribution is 6.28. The Hall–Kier alpha value is -2.33. The number of benzene rings is 1. The van der Waals surface area contributed by atoms with E-state index in [4.69, 9.17) is 11.6 Å². The molecule has 0 saturated carbocycles. The molecule has 2 aromatic heterocycles. The Labute approximate surface area is 128 Å². The fraction of sp³-hybridized carbons (Fsp3) is 0.125. The maximum absolute atomic E-state index is 6.03. The van der Waals surface area contributed by atoms with Gasteiger partial charge in [0.05, 0.1) is 5.69 Å². The predicted molar refractivity (Wildman–Crippen MR) is 86.5 cm³/mol. The Morgan fingerprint density at radius 3 is 2.71 bits per heavy atom. The van der Waals surface area contributed by atoms with E-state index in [9.17, 15) is 0 Å². The van der Waals surface area contributed by atoms with Crippen LogP contribution in [0.3, 0.4) is 0 Å². The number of anilines is 1. The first-order valence-corrected chi connectivity index (χ1v) is 7.02. The minimum absolute atomic E-state index is 0.205. The summed E-state index contributed by atoms with van der Waals surface area (Å²) in [6.45, 7) is 6.57. The average Bonchev–Trinajstić information content (AvgIpc) is 2.89. The monoisotopic (exact) mass is 298 g/mol. The molecule has 0 amide bonds. The molecule has 0 aliphatic rings. The van der Waals surface area contributed by atoms with Crippen molar-refractivity contribution < 1.29 is 0 Å². The van der Waals surface area contributed by atoms with Gasteiger partial charge < -0.3 is 5.32 Å². The van der Waals surface area contributed by atoms with Crippen LogP contribution in [0.1, 0.15) is 18.2 Å². The van der Waals surface area contributed by atoms with Crippen LogP contribution >= 0.6 is 11.6 Å². The summed E-state index contributed by atoms with van der Waals surface area (Å²) in [7, 11) is 0. The van der Waals surface area contributed by atoms with Crippen LogP contribution in [0.4, 0.5) is 5.82 Å². The SMILES string of the molecule is C=C(C)c1ccc2c(NCc3ccccc3)nc(Cl)nn12. The van der Waals surface area contributed by atoms with Gasteiger partial charge in [-0.1, -0.05) is 36.9 Å². The second-order valence-electron chi connectivity index (χ2n) is 4.86. The molecule has 0 aliphatic heterocycles. The van der Waals surface area contributed by atoms with Crippen LogP contribution in [0.15, 0.2) is 49.0 Å². The minimum atomic E-state index is 0.205. The van der Waals surface area contributed by atoms with Crippen LogP contribution in [0.25, 0.3) is 11.1 Å². The lowest BCUT2D eigenvalue weighted by Gasteiger charge is -2.09. The van der Waals surface area contributed by atoms with Gasteiger partial charge in [-0.15, -0.1) is 5.10 Å². The number of nitrogens with one attached hydrogen (secondary N) is 1. The van der Waals surface area contributed by atoms with Crippen molar-refractivity contribution >= 4 is 28.5 Å². The van der Waals surface area contributed by atoms with E-state index in [0.29, 0.717) is 12.4 Å². The first-order chi connectivity index (χ1) is 10.1. The molecule has 3 rings (SSSR count). The highest BCUT2D eigenvalue weighted by atomic mass is 35.5. The van der Waals surface area contributed by atoms with Gasteiger partial charge in [-0.3, -0.25) is 0 Å². The molecule has 0 spiro atoms. The standard InChI is InChI=1S/C16H15ClN4/c1-11(2)13-8-9-14-15(19-16(17)20-21(13)14)18-10-12-6-4-3-5-7-12/h3-9H,1,10H2,2H3,(H,18,19,20). The maximum atomic E-state index is 6.03. The molecule has 0 radical (unpaired) electrons. The molecule has 0 saturated heterocycles. The zero-order valence-electron chi connectivity index (χ0n) is 11.7. The molecule has 1 aromatic carbocycles. The third kappa shape index (κ3) is 2.76. The minimum Gasteiger partial charge on any atom is -0.364 e. The Kier molecular flexibility index (Phi) is 3.62. The molecule has 3 aromatic rings. The van der Waals surface area contributed by atoms with Gasteiger partial charge in [0.25, 0.3) is 0 Å². The normalized spacial score (nSPS) is 10.8. The fourth-order valence-electron chi connectivity index (χ4n) is 2.21. The molecule has 4 nitrogen and oxygen atoms in total. The Bertz CT molecular complexity index is 793. The number of rotatable bonds is 4. The van der Waals surface area contributed by atoms with E-state index in [1.54, 1.807) is 4.52 Å². The number of hydrogen-bond donors (Lipinski definition) is 1. The van der Waals surface area contributed by atoms with Crippen molar-refractivity contribution in [1.82, 2.24) is 14.6 Å². The summed E-state index contributed by atoms with van der Waals surface area (Å²) in [5.41, 5.74) is 3.92. The first-order valence-electron chi connectivity index (χ1n) is 6.64. The molecular weight excluding hydrogens is 284 g/mol. The van der Waals surface area contributed by atoms with E-state index in [-0.39, 0.29) is 5.28 Å². The topological polar surface area (TPSA) is 42.2 Å². The van der Waals surface area contributed by atoms with Crippen molar-refractivity contribution in [3.63, 3.8) is 0 Å². The molecule has 1 N–H and O–H groups in total. The van der Waals surface area contributed by atoms with Gasteiger partial charge >= 0.3 is 0 Å². The number of nitrogens with zero attached hydrogens (tertiary/aromatic N) is 3. The summed E-state index contributed by atoms with van der Waals surface area (Å²) >= 11 is 6.03. The van der Waals surface area contributed by atoms with Crippen LogP contribution in [-0.4, -0.2) is 14.6 Å². The molecule has 0 fully saturated rings. The lowest BCUT2D eigenvalue weighted by molar-refractivity contribution is 0.888. The number of halogens is 1. The Balaban J connectivity index is 1.97. The van der Waals surface area contributed by atoms with Gasteiger partial charge in [0, 0.05) is 6.54 Å². The maximum Gasteiger partial charge on any atom is 0.243 e. The summed E-state index contributed by atoms with van der Waals surface area (Å²) in [6, 6.07) is 14.1. The molecule has 106 valence electrons. The summed E-state index contributed by atoms with van der Waals surface area (Å²) in [4.78, 5) is 4.28. The number of hydrogen-bond acceptors (Lipinski definition) is 3. The molecule has 2 heterocycles. The van der Waals surface area contributed by atoms with E-state index in [1.807, 2.05) is 37.3 Å². The van der Waals surface area contributed by atoms with Gasteiger partial charge in [-0.2, -0.15) is 4.98 Å². The van der Waals surface area contributed by atoms with Gasteiger partial charge in [-0.05, 0) is 41.8 Å². The summed E-state index contributed by atoms with van der Waals surface area (Å²) < 4.78 is 1.77. The van der Waals surface area contributed by atoms with Gasteiger partial charge in [0.15, 0.2) is 5.82 Å². The number of allylic oxidation sites excluding steroid dienone is 1.